The fourth-order valence-electron chi connectivity index (χ4n) is 1.54. The van der Waals surface area contributed by atoms with Gasteiger partial charge in [0.15, 0.2) is 5.84 Å². The summed E-state index contributed by atoms with van der Waals surface area (Å²) < 4.78 is 0. The van der Waals surface area contributed by atoms with E-state index in [1.54, 1.807) is 24.3 Å². The molecule has 1 aromatic rings. The number of anilines is 1. The number of carbonyl (C=O) groups excluding carboxylic acids is 2. The highest BCUT2D eigenvalue weighted by Gasteiger charge is 2.27. The Bertz CT molecular complexity index is 512. The lowest BCUT2D eigenvalue weighted by Crippen LogP contribution is -2.28. The first-order chi connectivity index (χ1) is 8.11. The Morgan fingerprint density at radius 3 is 2.82 bits per heavy atom. The number of urea groups is 1. The highest BCUT2D eigenvalue weighted by atomic mass is 16.4. The molecule has 17 heavy (non-hydrogen) atoms. The quantitative estimate of drug-likeness (QED) is 0.217. The van der Waals surface area contributed by atoms with E-state index in [9.17, 15) is 9.59 Å². The van der Waals surface area contributed by atoms with Gasteiger partial charge in [-0.3, -0.25) is 15.0 Å². The van der Waals surface area contributed by atoms with Gasteiger partial charge >= 0.3 is 6.03 Å². The molecular weight excluding hydrogens is 224 g/mol. The molecule has 4 N–H and O–H groups in total. The highest BCUT2D eigenvalue weighted by molar-refractivity contribution is 6.12. The van der Waals surface area contributed by atoms with Gasteiger partial charge in [0.25, 0.3) is 0 Å². The number of imide groups is 1. The normalized spacial score (nSPS) is 16.2. The number of amidine groups is 1. The van der Waals surface area contributed by atoms with Crippen molar-refractivity contribution in [2.24, 2.45) is 10.9 Å². The zero-order valence-electron chi connectivity index (χ0n) is 8.75. The first-order valence-electron chi connectivity index (χ1n) is 4.81. The van der Waals surface area contributed by atoms with Crippen LogP contribution in [0.4, 0.5) is 10.5 Å². The summed E-state index contributed by atoms with van der Waals surface area (Å²) >= 11 is 0. The van der Waals surface area contributed by atoms with E-state index in [1.807, 2.05) is 0 Å². The minimum absolute atomic E-state index is 0.0293. The second kappa shape index (κ2) is 4.12. The summed E-state index contributed by atoms with van der Waals surface area (Å²) in [6, 6.07) is 6.03. The largest absolute Gasteiger partial charge is 0.409 e. The Kier molecular flexibility index (Phi) is 2.65. The third-order valence-electron chi connectivity index (χ3n) is 2.35. The number of hydrogen-bond donors (Lipinski definition) is 3. The van der Waals surface area contributed by atoms with Crippen LogP contribution in [0, 0.1) is 0 Å². The Labute approximate surface area is 96.5 Å². The molecule has 0 unspecified atom stereocenters. The monoisotopic (exact) mass is 234 g/mol. The van der Waals surface area contributed by atoms with Crippen LogP contribution >= 0.6 is 0 Å². The van der Waals surface area contributed by atoms with Crippen molar-refractivity contribution < 1.29 is 14.8 Å². The van der Waals surface area contributed by atoms with Crippen molar-refractivity contribution in [3.63, 3.8) is 0 Å². The third-order valence-corrected chi connectivity index (χ3v) is 2.35. The molecule has 7 heteroatoms. The van der Waals surface area contributed by atoms with Crippen molar-refractivity contribution in [3.8, 4) is 0 Å². The Morgan fingerprint density at radius 1 is 1.47 bits per heavy atom. The fourth-order valence-corrected chi connectivity index (χ4v) is 1.54. The number of amides is 3. The van der Waals surface area contributed by atoms with E-state index < -0.39 is 6.03 Å². The van der Waals surface area contributed by atoms with Crippen LogP contribution in [0.3, 0.4) is 0 Å². The van der Waals surface area contributed by atoms with E-state index >= 15 is 0 Å². The van der Waals surface area contributed by atoms with E-state index in [4.69, 9.17) is 10.9 Å². The molecular formula is C10H10N4O3. The van der Waals surface area contributed by atoms with Gasteiger partial charge < -0.3 is 10.9 Å². The van der Waals surface area contributed by atoms with Crippen molar-refractivity contribution in [2.75, 3.05) is 11.4 Å². The summed E-state index contributed by atoms with van der Waals surface area (Å²) in [5, 5.41) is 13.6. The maximum Gasteiger partial charge on any atom is 0.329 e. The number of rotatable bonds is 2. The molecule has 1 aliphatic heterocycles. The zero-order valence-corrected chi connectivity index (χ0v) is 8.75. The number of hydrogen-bond acceptors (Lipinski definition) is 4. The Hall–Kier alpha value is -2.57. The van der Waals surface area contributed by atoms with Crippen molar-refractivity contribution in [3.05, 3.63) is 29.8 Å². The topological polar surface area (TPSA) is 108 Å². The molecule has 1 aliphatic rings. The van der Waals surface area contributed by atoms with Crippen LogP contribution in [-0.2, 0) is 4.79 Å². The van der Waals surface area contributed by atoms with Crippen LogP contribution in [0.25, 0.3) is 0 Å². The van der Waals surface area contributed by atoms with Crippen LogP contribution in [0.15, 0.2) is 29.4 Å². The van der Waals surface area contributed by atoms with Gasteiger partial charge in [-0.15, -0.1) is 0 Å². The molecule has 0 aliphatic carbocycles. The van der Waals surface area contributed by atoms with Crippen LogP contribution in [0.2, 0.25) is 0 Å². The first-order valence-corrected chi connectivity index (χ1v) is 4.81. The molecule has 1 saturated heterocycles. The summed E-state index contributed by atoms with van der Waals surface area (Å²) in [5.41, 5.74) is 6.42. The van der Waals surface area contributed by atoms with Gasteiger partial charge in [0.05, 0.1) is 0 Å². The predicted molar refractivity (Wildman–Crippen MR) is 59.8 cm³/mol. The number of oxime groups is 1. The minimum atomic E-state index is -0.480. The number of nitrogens with two attached hydrogens (primary N) is 1. The predicted octanol–water partition coefficient (Wildman–Crippen LogP) is -0.163. The van der Waals surface area contributed by atoms with Crippen molar-refractivity contribution >= 4 is 23.5 Å². The van der Waals surface area contributed by atoms with Crippen molar-refractivity contribution in [1.29, 1.82) is 0 Å². The molecule has 1 heterocycles. The van der Waals surface area contributed by atoms with Gasteiger partial charge in [0.1, 0.15) is 6.54 Å². The van der Waals surface area contributed by atoms with Gasteiger partial charge in [0, 0.05) is 11.3 Å². The molecule has 0 bridgehead atoms. The number of carbonyl (C=O) groups is 2. The second-order valence-electron chi connectivity index (χ2n) is 3.48. The zero-order chi connectivity index (χ0) is 12.4. The van der Waals surface area contributed by atoms with Crippen LogP contribution < -0.4 is 16.0 Å². The van der Waals surface area contributed by atoms with Gasteiger partial charge in [-0.1, -0.05) is 17.3 Å². The molecule has 0 saturated carbocycles. The van der Waals surface area contributed by atoms with E-state index in [0.29, 0.717) is 11.3 Å². The Morgan fingerprint density at radius 2 is 2.24 bits per heavy atom. The summed E-state index contributed by atoms with van der Waals surface area (Å²) in [7, 11) is 0. The van der Waals surface area contributed by atoms with E-state index in [2.05, 4.69) is 10.5 Å². The maximum absolute atomic E-state index is 11.4. The number of nitrogens with zero attached hydrogens (tertiary/aromatic N) is 2. The first kappa shape index (κ1) is 10.9. The van der Waals surface area contributed by atoms with Gasteiger partial charge in [-0.25, -0.2) is 4.79 Å². The molecule has 1 fully saturated rings. The molecule has 0 aromatic heterocycles. The fraction of sp³-hybridized carbons (Fsp3) is 0.100. The average Bonchev–Trinajstić information content (AvgIpc) is 2.67. The third kappa shape index (κ3) is 2.03. The summed E-state index contributed by atoms with van der Waals surface area (Å²) in [6.07, 6.45) is 0. The van der Waals surface area contributed by atoms with Crippen molar-refractivity contribution in [2.45, 2.75) is 0 Å². The van der Waals surface area contributed by atoms with Crippen LogP contribution in [-0.4, -0.2) is 29.5 Å². The SMILES string of the molecule is NC(=NO)c1cccc(N2CC(=O)NC2=O)c1. The van der Waals surface area contributed by atoms with E-state index in [-0.39, 0.29) is 18.3 Å². The molecule has 0 radical (unpaired) electrons. The average molecular weight is 234 g/mol. The molecule has 88 valence electrons. The lowest BCUT2D eigenvalue weighted by atomic mass is 10.2. The minimum Gasteiger partial charge on any atom is -0.409 e. The molecule has 3 amide bonds. The smallest absolute Gasteiger partial charge is 0.329 e. The van der Waals surface area contributed by atoms with E-state index in [1.165, 1.54) is 4.90 Å². The number of nitrogens with one attached hydrogen (secondary N) is 1. The maximum atomic E-state index is 11.4. The number of benzene rings is 1. The van der Waals surface area contributed by atoms with Crippen LogP contribution in [0.1, 0.15) is 5.56 Å². The molecule has 2 rings (SSSR count). The Balaban J connectivity index is 2.34. The standard InChI is InChI=1S/C10H10N4O3/c11-9(13-17)6-2-1-3-7(4-6)14-5-8(15)12-10(14)16/h1-4,17H,5H2,(H2,11,13)(H,12,15,16). The van der Waals surface area contributed by atoms with Gasteiger partial charge in [0.2, 0.25) is 5.91 Å². The van der Waals surface area contributed by atoms with Gasteiger partial charge in [-0.2, -0.15) is 0 Å². The molecule has 1 aromatic carbocycles. The highest BCUT2D eigenvalue weighted by Crippen LogP contribution is 2.18. The summed E-state index contributed by atoms with van der Waals surface area (Å²) in [5.74, 6) is -0.415. The summed E-state index contributed by atoms with van der Waals surface area (Å²) in [4.78, 5) is 23.7. The second-order valence-corrected chi connectivity index (χ2v) is 3.48. The lowest BCUT2D eigenvalue weighted by Gasteiger charge is -2.13. The van der Waals surface area contributed by atoms with Crippen LogP contribution in [0.5, 0.6) is 0 Å². The lowest BCUT2D eigenvalue weighted by molar-refractivity contribution is -0.117. The molecule has 0 atom stereocenters. The van der Waals surface area contributed by atoms with E-state index in [0.717, 1.165) is 0 Å². The molecule has 7 nitrogen and oxygen atoms in total. The van der Waals surface area contributed by atoms with Gasteiger partial charge in [-0.05, 0) is 12.1 Å². The van der Waals surface area contributed by atoms with Crippen molar-refractivity contribution in [1.82, 2.24) is 5.32 Å². The molecule has 0 spiro atoms. The summed E-state index contributed by atoms with van der Waals surface area (Å²) in [6.45, 7) is -0.0293.